The van der Waals surface area contributed by atoms with E-state index >= 15 is 0 Å². The summed E-state index contributed by atoms with van der Waals surface area (Å²) in [5.74, 6) is 2.57. The van der Waals surface area contributed by atoms with Crippen molar-refractivity contribution in [1.29, 1.82) is 0 Å². The Kier molecular flexibility index (Phi) is 5.26. The lowest BCUT2D eigenvalue weighted by Gasteiger charge is -2.33. The number of hydrogen-bond acceptors (Lipinski definition) is 5. The molecule has 1 aromatic carbocycles. The molecule has 0 radical (unpaired) electrons. The Morgan fingerprint density at radius 1 is 0.964 bits per heavy atom. The lowest BCUT2D eigenvalue weighted by molar-refractivity contribution is 0.0169. The molecule has 2 aromatic heterocycles. The van der Waals surface area contributed by atoms with Crippen molar-refractivity contribution in [2.45, 2.75) is 44.1 Å². The number of nitrogens with zero attached hydrogens (tertiary/aromatic N) is 2. The number of aromatic nitrogens is 2. The van der Waals surface area contributed by atoms with Crippen molar-refractivity contribution in [3.05, 3.63) is 72.6 Å². The number of benzene rings is 1. The van der Waals surface area contributed by atoms with E-state index in [1.807, 2.05) is 55.5 Å². The van der Waals surface area contributed by atoms with Crippen molar-refractivity contribution >= 4 is 11.5 Å². The number of anilines is 2. The lowest BCUT2D eigenvalue weighted by Crippen LogP contribution is -2.29. The number of nitrogens with one attached hydrogen (secondary N) is 1. The Balaban J connectivity index is 1.46. The molecule has 3 aromatic rings. The third-order valence-corrected chi connectivity index (χ3v) is 5.31. The first kappa shape index (κ1) is 18.4. The lowest BCUT2D eigenvalue weighted by atomic mass is 9.77. The first-order valence-corrected chi connectivity index (χ1v) is 9.72. The van der Waals surface area contributed by atoms with Gasteiger partial charge in [-0.1, -0.05) is 12.1 Å². The molecular formula is C23H25N3O2. The minimum Gasteiger partial charge on any atom is -0.439 e. The largest absolute Gasteiger partial charge is 0.439 e. The van der Waals surface area contributed by atoms with Crippen molar-refractivity contribution in [2.24, 2.45) is 0 Å². The summed E-state index contributed by atoms with van der Waals surface area (Å²) in [6.45, 7) is 1.92. The van der Waals surface area contributed by atoms with Gasteiger partial charge < -0.3 is 15.2 Å². The molecule has 0 atom stereocenters. The van der Waals surface area contributed by atoms with E-state index < -0.39 is 5.60 Å². The maximum Gasteiger partial charge on any atom is 0.222 e. The highest BCUT2D eigenvalue weighted by Gasteiger charge is 2.31. The minimum absolute atomic E-state index is 0.369. The molecule has 0 amide bonds. The van der Waals surface area contributed by atoms with Gasteiger partial charge in [-0.25, -0.2) is 9.97 Å². The molecule has 5 heteroatoms. The van der Waals surface area contributed by atoms with Crippen molar-refractivity contribution in [3.63, 3.8) is 0 Å². The van der Waals surface area contributed by atoms with E-state index in [1.165, 1.54) is 0 Å². The van der Waals surface area contributed by atoms with E-state index in [4.69, 9.17) is 4.74 Å². The average Bonchev–Trinajstić information content (AvgIpc) is 2.71. The van der Waals surface area contributed by atoms with Crippen LogP contribution in [0.1, 0.15) is 44.1 Å². The number of pyridine rings is 2. The van der Waals surface area contributed by atoms with E-state index in [1.54, 1.807) is 12.4 Å². The summed E-state index contributed by atoms with van der Waals surface area (Å²) in [6, 6.07) is 17.6. The fourth-order valence-corrected chi connectivity index (χ4v) is 3.65. The number of rotatable bonds is 5. The molecule has 1 aliphatic rings. The van der Waals surface area contributed by atoms with Gasteiger partial charge in [0, 0.05) is 23.6 Å². The predicted octanol–water partition coefficient (Wildman–Crippen LogP) is 5.42. The van der Waals surface area contributed by atoms with Crippen LogP contribution in [0, 0.1) is 0 Å². The van der Waals surface area contributed by atoms with E-state index in [-0.39, 0.29) is 0 Å². The molecule has 0 unspecified atom stereocenters. The van der Waals surface area contributed by atoms with Gasteiger partial charge in [0.15, 0.2) is 0 Å². The average molecular weight is 375 g/mol. The van der Waals surface area contributed by atoms with Gasteiger partial charge in [-0.05, 0) is 81.0 Å². The maximum absolute atomic E-state index is 10.2. The van der Waals surface area contributed by atoms with Crippen molar-refractivity contribution in [3.8, 4) is 11.6 Å². The highest BCUT2D eigenvalue weighted by atomic mass is 16.5. The van der Waals surface area contributed by atoms with Crippen LogP contribution < -0.4 is 10.1 Å². The highest BCUT2D eigenvalue weighted by Crippen LogP contribution is 2.41. The fourth-order valence-electron chi connectivity index (χ4n) is 3.65. The standard InChI is InChI=1S/C23H25N3O2/c1-23(27)13-11-17(12-14-23)20-5-4-16-25-22(20)28-19-9-7-18(8-10-19)26-21-6-2-3-15-24-21/h2-10,15-17,27H,11-14H2,1H3,(H,24,26)/t17-,23+. The second-order valence-electron chi connectivity index (χ2n) is 7.64. The summed E-state index contributed by atoms with van der Waals surface area (Å²) < 4.78 is 6.10. The molecule has 0 spiro atoms. The van der Waals surface area contributed by atoms with E-state index in [2.05, 4.69) is 21.4 Å². The molecule has 0 aliphatic heterocycles. The Bertz CT molecular complexity index is 901. The smallest absolute Gasteiger partial charge is 0.222 e. The molecule has 4 rings (SSSR count). The van der Waals surface area contributed by atoms with Crippen molar-refractivity contribution < 1.29 is 9.84 Å². The van der Waals surface area contributed by atoms with E-state index in [0.717, 1.165) is 48.5 Å². The highest BCUT2D eigenvalue weighted by molar-refractivity contribution is 5.57. The first-order chi connectivity index (χ1) is 13.6. The Morgan fingerprint density at radius 3 is 2.43 bits per heavy atom. The monoisotopic (exact) mass is 375 g/mol. The van der Waals surface area contributed by atoms with Crippen molar-refractivity contribution in [1.82, 2.24) is 9.97 Å². The van der Waals surface area contributed by atoms with Crippen LogP contribution in [0.3, 0.4) is 0 Å². The Hall–Kier alpha value is -2.92. The van der Waals surface area contributed by atoms with E-state index in [9.17, 15) is 5.11 Å². The van der Waals surface area contributed by atoms with Gasteiger partial charge in [0.05, 0.1) is 5.60 Å². The molecule has 5 nitrogen and oxygen atoms in total. The van der Waals surface area contributed by atoms with Gasteiger partial charge in [0.1, 0.15) is 11.6 Å². The van der Waals surface area contributed by atoms with Crippen molar-refractivity contribution in [2.75, 3.05) is 5.32 Å². The molecule has 1 fully saturated rings. The first-order valence-electron chi connectivity index (χ1n) is 9.72. The normalized spacial score (nSPS) is 21.9. The maximum atomic E-state index is 10.2. The Morgan fingerprint density at radius 2 is 1.71 bits per heavy atom. The van der Waals surface area contributed by atoms with Crippen LogP contribution >= 0.6 is 0 Å². The van der Waals surface area contributed by atoms with Crippen LogP contribution in [0.5, 0.6) is 11.6 Å². The summed E-state index contributed by atoms with van der Waals surface area (Å²) in [5.41, 5.74) is 1.52. The molecule has 144 valence electrons. The zero-order chi connectivity index (χ0) is 19.4. The van der Waals surface area contributed by atoms with Crippen LogP contribution in [0.25, 0.3) is 0 Å². The van der Waals surface area contributed by atoms with Crippen LogP contribution in [-0.2, 0) is 0 Å². The molecule has 0 saturated heterocycles. The topological polar surface area (TPSA) is 67.3 Å². The number of ether oxygens (including phenoxy) is 1. The van der Waals surface area contributed by atoms with Crippen LogP contribution in [0.2, 0.25) is 0 Å². The number of hydrogen-bond donors (Lipinski definition) is 2. The molecule has 1 saturated carbocycles. The minimum atomic E-state index is -0.545. The van der Waals surface area contributed by atoms with Gasteiger partial charge >= 0.3 is 0 Å². The molecular weight excluding hydrogens is 350 g/mol. The fraction of sp³-hybridized carbons (Fsp3) is 0.304. The molecule has 1 aliphatic carbocycles. The third-order valence-electron chi connectivity index (χ3n) is 5.31. The number of aliphatic hydroxyl groups is 1. The summed E-state index contributed by atoms with van der Waals surface area (Å²) in [7, 11) is 0. The van der Waals surface area contributed by atoms with Gasteiger partial charge in [-0.15, -0.1) is 0 Å². The summed E-state index contributed by atoms with van der Waals surface area (Å²) >= 11 is 0. The zero-order valence-electron chi connectivity index (χ0n) is 16.0. The van der Waals surface area contributed by atoms with E-state index in [0.29, 0.717) is 11.8 Å². The van der Waals surface area contributed by atoms with Crippen LogP contribution in [0.15, 0.2) is 67.0 Å². The second kappa shape index (κ2) is 7.98. The summed E-state index contributed by atoms with van der Waals surface area (Å²) in [5, 5.41) is 13.5. The van der Waals surface area contributed by atoms with Gasteiger partial charge in [0.25, 0.3) is 0 Å². The predicted molar refractivity (Wildman–Crippen MR) is 110 cm³/mol. The summed E-state index contributed by atoms with van der Waals surface area (Å²) in [4.78, 5) is 8.73. The molecule has 28 heavy (non-hydrogen) atoms. The molecule has 2 heterocycles. The second-order valence-corrected chi connectivity index (χ2v) is 7.64. The third kappa shape index (κ3) is 4.49. The molecule has 2 N–H and O–H groups in total. The summed E-state index contributed by atoms with van der Waals surface area (Å²) in [6.07, 6.45) is 7.02. The van der Waals surface area contributed by atoms with Gasteiger partial charge in [-0.3, -0.25) is 0 Å². The van der Waals surface area contributed by atoms with Crippen LogP contribution in [-0.4, -0.2) is 20.7 Å². The van der Waals surface area contributed by atoms with Gasteiger partial charge in [-0.2, -0.15) is 0 Å². The van der Waals surface area contributed by atoms with Crippen LogP contribution in [0.4, 0.5) is 11.5 Å². The zero-order valence-corrected chi connectivity index (χ0v) is 16.0. The van der Waals surface area contributed by atoms with Gasteiger partial charge in [0.2, 0.25) is 5.88 Å². The quantitative estimate of drug-likeness (QED) is 0.623. The SMILES string of the molecule is C[C@]1(O)CC[C@@H](c2cccnc2Oc2ccc(Nc3ccccn3)cc2)CC1. The Labute approximate surface area is 165 Å². The molecule has 0 bridgehead atoms.